The number of unbranched alkanes of at least 4 members (excludes halogenated alkanes) is 1. The summed E-state index contributed by atoms with van der Waals surface area (Å²) < 4.78 is 9.97. The van der Waals surface area contributed by atoms with Crippen molar-refractivity contribution in [2.75, 3.05) is 20.3 Å². The average molecular weight is 214 g/mol. The summed E-state index contributed by atoms with van der Waals surface area (Å²) in [7, 11) is 1.68. The van der Waals surface area contributed by atoms with Gasteiger partial charge in [0.15, 0.2) is 0 Å². The maximum atomic E-state index is 11.6. The SMILES string of the molecule is C=CC(C)(CCCCOC)C(=O)OCC. The molecule has 3 nitrogen and oxygen atoms in total. The van der Waals surface area contributed by atoms with Gasteiger partial charge in [-0.3, -0.25) is 4.79 Å². The molecule has 0 bridgehead atoms. The summed E-state index contributed by atoms with van der Waals surface area (Å²) in [4.78, 5) is 11.6. The molecule has 0 aromatic carbocycles. The molecule has 0 aromatic rings. The molecule has 1 unspecified atom stereocenters. The zero-order valence-electron chi connectivity index (χ0n) is 10.0. The highest BCUT2D eigenvalue weighted by molar-refractivity contribution is 5.78. The maximum absolute atomic E-state index is 11.6. The van der Waals surface area contributed by atoms with Crippen LogP contribution in [-0.2, 0) is 14.3 Å². The maximum Gasteiger partial charge on any atom is 0.315 e. The van der Waals surface area contributed by atoms with E-state index in [9.17, 15) is 4.79 Å². The van der Waals surface area contributed by atoms with Gasteiger partial charge < -0.3 is 9.47 Å². The molecular weight excluding hydrogens is 192 g/mol. The second-order valence-electron chi connectivity index (χ2n) is 3.79. The minimum atomic E-state index is -0.552. The van der Waals surface area contributed by atoms with E-state index in [1.165, 1.54) is 0 Å². The van der Waals surface area contributed by atoms with Crippen molar-refractivity contribution in [2.24, 2.45) is 5.41 Å². The number of carbonyl (C=O) groups is 1. The molecule has 0 aromatic heterocycles. The van der Waals surface area contributed by atoms with Crippen molar-refractivity contribution in [1.29, 1.82) is 0 Å². The minimum Gasteiger partial charge on any atom is -0.465 e. The summed E-state index contributed by atoms with van der Waals surface area (Å²) >= 11 is 0. The Morgan fingerprint density at radius 3 is 2.60 bits per heavy atom. The Labute approximate surface area is 92.5 Å². The quantitative estimate of drug-likeness (QED) is 0.354. The summed E-state index contributed by atoms with van der Waals surface area (Å²) in [6.45, 7) is 8.53. The average Bonchev–Trinajstić information content (AvgIpc) is 2.24. The highest BCUT2D eigenvalue weighted by Gasteiger charge is 2.30. The van der Waals surface area contributed by atoms with Crippen LogP contribution in [0, 0.1) is 5.41 Å². The van der Waals surface area contributed by atoms with Gasteiger partial charge in [-0.1, -0.05) is 6.08 Å². The molecule has 0 aliphatic rings. The van der Waals surface area contributed by atoms with Crippen molar-refractivity contribution in [1.82, 2.24) is 0 Å². The van der Waals surface area contributed by atoms with E-state index >= 15 is 0 Å². The van der Waals surface area contributed by atoms with E-state index in [4.69, 9.17) is 9.47 Å². The largest absolute Gasteiger partial charge is 0.465 e. The number of hydrogen-bond donors (Lipinski definition) is 0. The van der Waals surface area contributed by atoms with Crippen LogP contribution in [0.4, 0.5) is 0 Å². The van der Waals surface area contributed by atoms with Gasteiger partial charge in [-0.05, 0) is 33.1 Å². The molecular formula is C12H22O3. The number of rotatable bonds is 8. The lowest BCUT2D eigenvalue weighted by atomic mass is 9.85. The van der Waals surface area contributed by atoms with E-state index in [1.807, 2.05) is 13.8 Å². The van der Waals surface area contributed by atoms with Gasteiger partial charge in [0.1, 0.15) is 0 Å². The van der Waals surface area contributed by atoms with Crippen LogP contribution in [-0.4, -0.2) is 26.3 Å². The Bertz CT molecular complexity index is 201. The van der Waals surface area contributed by atoms with Crippen molar-refractivity contribution in [2.45, 2.75) is 33.1 Å². The number of ether oxygens (including phenoxy) is 2. The third kappa shape index (κ3) is 4.98. The fourth-order valence-electron chi connectivity index (χ4n) is 1.32. The van der Waals surface area contributed by atoms with Crippen LogP contribution in [0.2, 0.25) is 0 Å². The second kappa shape index (κ2) is 7.46. The number of carbonyl (C=O) groups excluding carboxylic acids is 1. The van der Waals surface area contributed by atoms with Crippen LogP contribution in [0.15, 0.2) is 12.7 Å². The molecule has 0 amide bonds. The molecule has 0 aliphatic heterocycles. The minimum absolute atomic E-state index is 0.183. The third-order valence-corrected chi connectivity index (χ3v) is 2.49. The van der Waals surface area contributed by atoms with Crippen molar-refractivity contribution in [3.05, 3.63) is 12.7 Å². The molecule has 3 heteroatoms. The smallest absolute Gasteiger partial charge is 0.315 e. The highest BCUT2D eigenvalue weighted by atomic mass is 16.5. The fraction of sp³-hybridized carbons (Fsp3) is 0.750. The lowest BCUT2D eigenvalue weighted by Crippen LogP contribution is -2.27. The van der Waals surface area contributed by atoms with Crippen molar-refractivity contribution in [3.8, 4) is 0 Å². The van der Waals surface area contributed by atoms with Gasteiger partial charge in [0.05, 0.1) is 12.0 Å². The van der Waals surface area contributed by atoms with E-state index in [0.717, 1.165) is 25.9 Å². The number of methoxy groups -OCH3 is 1. The van der Waals surface area contributed by atoms with Gasteiger partial charge in [-0.2, -0.15) is 0 Å². The van der Waals surface area contributed by atoms with E-state index in [1.54, 1.807) is 13.2 Å². The standard InChI is InChI=1S/C12H22O3/c1-5-12(3,11(13)15-6-2)9-7-8-10-14-4/h5H,1,6-10H2,2-4H3. The summed E-state index contributed by atoms with van der Waals surface area (Å²) in [5.74, 6) is -0.183. The third-order valence-electron chi connectivity index (χ3n) is 2.49. The monoisotopic (exact) mass is 214 g/mol. The molecule has 88 valence electrons. The zero-order chi connectivity index (χ0) is 11.7. The molecule has 15 heavy (non-hydrogen) atoms. The van der Waals surface area contributed by atoms with Crippen LogP contribution in [0.5, 0.6) is 0 Å². The second-order valence-corrected chi connectivity index (χ2v) is 3.79. The number of esters is 1. The van der Waals surface area contributed by atoms with Crippen molar-refractivity contribution in [3.63, 3.8) is 0 Å². The van der Waals surface area contributed by atoms with E-state index < -0.39 is 5.41 Å². The summed E-state index contributed by atoms with van der Waals surface area (Å²) in [6.07, 6.45) is 4.34. The Balaban J connectivity index is 4.06. The van der Waals surface area contributed by atoms with Crippen LogP contribution in [0.1, 0.15) is 33.1 Å². The zero-order valence-corrected chi connectivity index (χ0v) is 10.0. The molecule has 0 fully saturated rings. The van der Waals surface area contributed by atoms with Gasteiger partial charge in [0.2, 0.25) is 0 Å². The Kier molecular flexibility index (Phi) is 7.05. The molecule has 0 spiro atoms. The van der Waals surface area contributed by atoms with Crippen LogP contribution in [0.3, 0.4) is 0 Å². The van der Waals surface area contributed by atoms with Gasteiger partial charge in [-0.25, -0.2) is 0 Å². The normalized spacial score (nSPS) is 14.3. The molecule has 0 N–H and O–H groups in total. The topological polar surface area (TPSA) is 35.5 Å². The van der Waals surface area contributed by atoms with E-state index in [-0.39, 0.29) is 5.97 Å². The van der Waals surface area contributed by atoms with Gasteiger partial charge >= 0.3 is 5.97 Å². The van der Waals surface area contributed by atoms with Crippen molar-refractivity contribution < 1.29 is 14.3 Å². The molecule has 0 saturated heterocycles. The molecule has 0 radical (unpaired) electrons. The Morgan fingerprint density at radius 1 is 1.47 bits per heavy atom. The fourth-order valence-corrected chi connectivity index (χ4v) is 1.32. The first-order valence-electron chi connectivity index (χ1n) is 5.40. The van der Waals surface area contributed by atoms with Crippen LogP contribution >= 0.6 is 0 Å². The first-order chi connectivity index (χ1) is 7.10. The first kappa shape index (κ1) is 14.2. The molecule has 0 rings (SSSR count). The van der Waals surface area contributed by atoms with E-state index in [2.05, 4.69) is 6.58 Å². The molecule has 0 saturated carbocycles. The molecule has 0 heterocycles. The van der Waals surface area contributed by atoms with Gasteiger partial charge in [0, 0.05) is 13.7 Å². The lowest BCUT2D eigenvalue weighted by molar-refractivity contribution is -0.152. The predicted octanol–water partition coefficient (Wildman–Crippen LogP) is 2.56. The Morgan fingerprint density at radius 2 is 2.13 bits per heavy atom. The highest BCUT2D eigenvalue weighted by Crippen LogP contribution is 2.27. The van der Waals surface area contributed by atoms with Crippen LogP contribution < -0.4 is 0 Å². The number of hydrogen-bond acceptors (Lipinski definition) is 3. The van der Waals surface area contributed by atoms with Crippen molar-refractivity contribution >= 4 is 5.97 Å². The molecule has 0 aliphatic carbocycles. The summed E-state index contributed by atoms with van der Waals surface area (Å²) in [5.41, 5.74) is -0.552. The van der Waals surface area contributed by atoms with Gasteiger partial charge in [0.25, 0.3) is 0 Å². The van der Waals surface area contributed by atoms with Gasteiger partial charge in [-0.15, -0.1) is 6.58 Å². The van der Waals surface area contributed by atoms with Crippen LogP contribution in [0.25, 0.3) is 0 Å². The lowest BCUT2D eigenvalue weighted by Gasteiger charge is -2.23. The first-order valence-corrected chi connectivity index (χ1v) is 5.40. The van der Waals surface area contributed by atoms with E-state index in [0.29, 0.717) is 6.61 Å². The summed E-state index contributed by atoms with van der Waals surface area (Å²) in [5, 5.41) is 0. The Hall–Kier alpha value is -0.830. The predicted molar refractivity (Wildman–Crippen MR) is 60.7 cm³/mol. The molecule has 1 atom stereocenters. The summed E-state index contributed by atoms with van der Waals surface area (Å²) in [6, 6.07) is 0.